The predicted octanol–water partition coefficient (Wildman–Crippen LogP) is 4.48. The molecule has 0 bridgehead atoms. The van der Waals surface area contributed by atoms with Gasteiger partial charge in [-0.2, -0.15) is 0 Å². The molecular formula is C18H22N2O. The van der Waals surface area contributed by atoms with Gasteiger partial charge >= 0.3 is 0 Å². The molecule has 3 heteroatoms. The Morgan fingerprint density at radius 3 is 2.10 bits per heavy atom. The first-order chi connectivity index (χ1) is 9.93. The Kier molecular flexibility index (Phi) is 4.51. The number of fused-ring (bicyclic) bond motifs is 1. The first-order valence-electron chi connectivity index (χ1n) is 7.38. The number of carbonyl (C=O) groups excluding carboxylic acids is 1. The highest BCUT2D eigenvalue weighted by Gasteiger charge is 2.15. The number of benzene rings is 1. The van der Waals surface area contributed by atoms with Gasteiger partial charge in [0.15, 0.2) is 0 Å². The molecule has 1 aromatic heterocycles. The smallest absolute Gasteiger partial charge is 0.143 e. The van der Waals surface area contributed by atoms with Crippen LogP contribution in [-0.2, 0) is 4.79 Å². The highest BCUT2D eigenvalue weighted by Crippen LogP contribution is 2.26. The number of nitrogens with zero attached hydrogens (tertiary/aromatic N) is 2. The Bertz CT molecular complexity index is 700. The lowest BCUT2D eigenvalue weighted by Crippen LogP contribution is -2.06. The van der Waals surface area contributed by atoms with Crippen LogP contribution in [0.2, 0.25) is 0 Å². The van der Waals surface area contributed by atoms with E-state index in [-0.39, 0.29) is 0 Å². The van der Waals surface area contributed by atoms with Gasteiger partial charge in [-0.05, 0) is 48.1 Å². The molecule has 3 nitrogen and oxygen atoms in total. The molecule has 0 amide bonds. The Hall–Kier alpha value is -2.03. The van der Waals surface area contributed by atoms with Gasteiger partial charge in [0.2, 0.25) is 0 Å². The zero-order chi connectivity index (χ0) is 15.6. The fraction of sp³-hybridized carbons (Fsp3) is 0.389. The number of aldehydes is 1. The van der Waals surface area contributed by atoms with Crippen LogP contribution in [0.15, 0.2) is 24.3 Å². The molecule has 0 radical (unpaired) electrons. The SMILES string of the molecule is CC(=CC=O)c1ccc2nc(C(C)C)c(C(C)C)nc2c1. The van der Waals surface area contributed by atoms with Crippen molar-refractivity contribution in [2.75, 3.05) is 0 Å². The molecule has 110 valence electrons. The van der Waals surface area contributed by atoms with Crippen LogP contribution < -0.4 is 0 Å². The van der Waals surface area contributed by atoms with Crippen LogP contribution in [-0.4, -0.2) is 16.3 Å². The molecule has 1 aromatic carbocycles. The Morgan fingerprint density at radius 2 is 1.57 bits per heavy atom. The molecule has 0 atom stereocenters. The fourth-order valence-electron chi connectivity index (χ4n) is 2.37. The fourth-order valence-corrected chi connectivity index (χ4v) is 2.37. The lowest BCUT2D eigenvalue weighted by Gasteiger charge is -2.15. The van der Waals surface area contributed by atoms with E-state index in [1.807, 2.05) is 25.1 Å². The summed E-state index contributed by atoms with van der Waals surface area (Å²) < 4.78 is 0. The highest BCUT2D eigenvalue weighted by molar-refractivity contribution is 5.85. The van der Waals surface area contributed by atoms with E-state index in [1.165, 1.54) is 0 Å². The minimum Gasteiger partial charge on any atom is -0.299 e. The number of rotatable bonds is 4. The van der Waals surface area contributed by atoms with E-state index in [0.717, 1.165) is 39.8 Å². The van der Waals surface area contributed by atoms with Gasteiger partial charge in [0.05, 0.1) is 22.4 Å². The van der Waals surface area contributed by atoms with Crippen LogP contribution in [0.3, 0.4) is 0 Å². The van der Waals surface area contributed by atoms with Crippen molar-refractivity contribution in [1.82, 2.24) is 9.97 Å². The van der Waals surface area contributed by atoms with Crippen molar-refractivity contribution < 1.29 is 4.79 Å². The van der Waals surface area contributed by atoms with Crippen LogP contribution in [0.4, 0.5) is 0 Å². The second-order valence-electron chi connectivity index (χ2n) is 5.99. The van der Waals surface area contributed by atoms with Crippen molar-refractivity contribution in [2.24, 2.45) is 0 Å². The number of hydrogen-bond donors (Lipinski definition) is 0. The summed E-state index contributed by atoms with van der Waals surface area (Å²) in [4.78, 5) is 20.2. The molecule has 1 heterocycles. The van der Waals surface area contributed by atoms with E-state index >= 15 is 0 Å². The summed E-state index contributed by atoms with van der Waals surface area (Å²) in [5, 5.41) is 0. The number of carbonyl (C=O) groups is 1. The van der Waals surface area contributed by atoms with E-state index in [1.54, 1.807) is 6.08 Å². The lowest BCUT2D eigenvalue weighted by molar-refractivity contribution is -0.104. The summed E-state index contributed by atoms with van der Waals surface area (Å²) in [7, 11) is 0. The molecule has 0 fully saturated rings. The maximum absolute atomic E-state index is 10.6. The Morgan fingerprint density at radius 1 is 1.00 bits per heavy atom. The zero-order valence-electron chi connectivity index (χ0n) is 13.3. The second kappa shape index (κ2) is 6.17. The van der Waals surface area contributed by atoms with E-state index in [9.17, 15) is 4.79 Å². The predicted molar refractivity (Wildman–Crippen MR) is 87.4 cm³/mol. The molecule has 0 aliphatic carbocycles. The van der Waals surface area contributed by atoms with Crippen LogP contribution in [0.25, 0.3) is 16.6 Å². The highest BCUT2D eigenvalue weighted by atomic mass is 16.1. The minimum absolute atomic E-state index is 0.342. The number of aromatic nitrogens is 2. The summed E-state index contributed by atoms with van der Waals surface area (Å²) in [5.41, 5.74) is 5.88. The standard InChI is InChI=1S/C18H22N2O/c1-11(2)17-18(12(3)4)20-16-10-14(13(5)8-9-21)6-7-15(16)19-17/h6-12H,1-5H3. The Balaban J connectivity index is 2.65. The van der Waals surface area contributed by atoms with Crippen molar-refractivity contribution in [3.63, 3.8) is 0 Å². The number of allylic oxidation sites excluding steroid dienone is 2. The van der Waals surface area contributed by atoms with Gasteiger partial charge in [-0.3, -0.25) is 4.79 Å². The van der Waals surface area contributed by atoms with Crippen molar-refractivity contribution in [2.45, 2.75) is 46.5 Å². The topological polar surface area (TPSA) is 42.9 Å². The third kappa shape index (κ3) is 3.18. The average molecular weight is 282 g/mol. The summed E-state index contributed by atoms with van der Waals surface area (Å²) in [6, 6.07) is 5.98. The monoisotopic (exact) mass is 282 g/mol. The van der Waals surface area contributed by atoms with Gasteiger partial charge in [-0.25, -0.2) is 9.97 Å². The number of hydrogen-bond acceptors (Lipinski definition) is 3. The normalized spacial score (nSPS) is 12.4. The first-order valence-corrected chi connectivity index (χ1v) is 7.38. The van der Waals surface area contributed by atoms with Crippen LogP contribution in [0.1, 0.15) is 63.4 Å². The molecule has 0 unspecified atom stereocenters. The van der Waals surface area contributed by atoms with Crippen LogP contribution >= 0.6 is 0 Å². The van der Waals surface area contributed by atoms with Gasteiger partial charge in [-0.15, -0.1) is 0 Å². The van der Waals surface area contributed by atoms with Crippen molar-refractivity contribution in [1.29, 1.82) is 0 Å². The zero-order valence-corrected chi connectivity index (χ0v) is 13.3. The van der Waals surface area contributed by atoms with Gasteiger partial charge in [0.1, 0.15) is 6.29 Å². The molecule has 0 aliphatic rings. The summed E-state index contributed by atoms with van der Waals surface area (Å²) in [6.45, 7) is 10.5. The summed E-state index contributed by atoms with van der Waals surface area (Å²) >= 11 is 0. The van der Waals surface area contributed by atoms with Gasteiger partial charge < -0.3 is 0 Å². The minimum atomic E-state index is 0.342. The van der Waals surface area contributed by atoms with Gasteiger partial charge in [0, 0.05) is 0 Å². The summed E-state index contributed by atoms with van der Waals surface area (Å²) in [6.07, 6.45) is 2.38. The molecule has 0 N–H and O–H groups in total. The Labute approximate surface area is 126 Å². The van der Waals surface area contributed by atoms with E-state index in [2.05, 4.69) is 27.7 Å². The molecular weight excluding hydrogens is 260 g/mol. The van der Waals surface area contributed by atoms with E-state index < -0.39 is 0 Å². The molecule has 21 heavy (non-hydrogen) atoms. The molecule has 2 aromatic rings. The third-order valence-corrected chi connectivity index (χ3v) is 3.59. The molecule has 0 saturated heterocycles. The molecule has 0 spiro atoms. The third-order valence-electron chi connectivity index (χ3n) is 3.59. The second-order valence-corrected chi connectivity index (χ2v) is 5.99. The molecule has 0 aliphatic heterocycles. The van der Waals surface area contributed by atoms with Crippen LogP contribution in [0, 0.1) is 0 Å². The van der Waals surface area contributed by atoms with Crippen molar-refractivity contribution in [3.05, 3.63) is 41.2 Å². The quantitative estimate of drug-likeness (QED) is 0.613. The molecule has 2 rings (SSSR count). The molecule has 0 saturated carbocycles. The van der Waals surface area contributed by atoms with Gasteiger partial charge in [-0.1, -0.05) is 33.8 Å². The first kappa shape index (κ1) is 15.4. The van der Waals surface area contributed by atoms with E-state index in [4.69, 9.17) is 9.97 Å². The maximum Gasteiger partial charge on any atom is 0.143 e. The van der Waals surface area contributed by atoms with E-state index in [0.29, 0.717) is 11.8 Å². The summed E-state index contributed by atoms with van der Waals surface area (Å²) in [5.74, 6) is 0.699. The van der Waals surface area contributed by atoms with Crippen LogP contribution in [0.5, 0.6) is 0 Å². The van der Waals surface area contributed by atoms with Crippen molar-refractivity contribution >= 4 is 22.9 Å². The van der Waals surface area contributed by atoms with Gasteiger partial charge in [0.25, 0.3) is 0 Å². The lowest BCUT2D eigenvalue weighted by atomic mass is 9.99. The van der Waals surface area contributed by atoms with Crippen molar-refractivity contribution in [3.8, 4) is 0 Å². The average Bonchev–Trinajstić information content (AvgIpc) is 2.45. The maximum atomic E-state index is 10.6. The largest absolute Gasteiger partial charge is 0.299 e.